The van der Waals surface area contributed by atoms with E-state index in [4.69, 9.17) is 12.2 Å². The van der Waals surface area contributed by atoms with Crippen molar-refractivity contribution in [3.05, 3.63) is 32.6 Å². The highest BCUT2D eigenvalue weighted by molar-refractivity contribution is 7.80. The number of aromatic hydroxyl groups is 1. The molecule has 1 N–H and O–H groups in total. The Balaban J connectivity index is 1.73. The first-order valence-corrected chi connectivity index (χ1v) is 12.6. The van der Waals surface area contributed by atoms with Crippen molar-refractivity contribution in [2.45, 2.75) is 52.1 Å². The number of hydrogen-bond acceptors (Lipinski definition) is 6. The molecule has 2 aromatic rings. The molecule has 2 fully saturated rings. The zero-order valence-corrected chi connectivity index (χ0v) is 18.4. The van der Waals surface area contributed by atoms with Crippen molar-refractivity contribution >= 4 is 32.9 Å². The van der Waals surface area contributed by atoms with Crippen LogP contribution in [0.4, 0.5) is 0 Å². The summed E-state index contributed by atoms with van der Waals surface area (Å²) in [5, 5.41) is 11.0. The molecule has 3 nitrogen and oxygen atoms in total. The molecular weight excluding hydrogens is 392 g/mol. The summed E-state index contributed by atoms with van der Waals surface area (Å²) in [6.07, 6.45) is 6.05. The molecule has 27 heavy (non-hydrogen) atoms. The van der Waals surface area contributed by atoms with E-state index >= 15 is 0 Å². The quantitative estimate of drug-likeness (QED) is 0.481. The van der Waals surface area contributed by atoms with Gasteiger partial charge in [0.05, 0.1) is 4.88 Å². The summed E-state index contributed by atoms with van der Waals surface area (Å²) in [5.41, 5.74) is 4.69. The number of likely N-dealkylation sites (tertiary alicyclic amines) is 2. The summed E-state index contributed by atoms with van der Waals surface area (Å²) in [7, 11) is 3.50. The maximum absolute atomic E-state index is 11.0. The molecule has 0 aliphatic carbocycles. The fourth-order valence-corrected chi connectivity index (χ4v) is 7.41. The van der Waals surface area contributed by atoms with E-state index in [1.165, 1.54) is 41.7 Å². The van der Waals surface area contributed by atoms with Crippen LogP contribution in [0.15, 0.2) is 12.1 Å². The fourth-order valence-electron chi connectivity index (χ4n) is 4.30. The SMILES string of the molecule is CCc1c(-c2cc(CN3CCCC3)c(O)c(CN3CCCC3)c2)ssc1=S. The number of benzene rings is 1. The molecule has 2 aliphatic heterocycles. The summed E-state index contributed by atoms with van der Waals surface area (Å²) in [6, 6.07) is 4.43. The normalized spacial score (nSPS) is 18.6. The number of phenols is 1. The highest BCUT2D eigenvalue weighted by atomic mass is 32.9. The molecule has 2 aliphatic rings. The van der Waals surface area contributed by atoms with Crippen LogP contribution in [0.1, 0.15) is 49.3 Å². The Hall–Kier alpha value is -0.790. The molecule has 0 radical (unpaired) electrons. The molecular formula is C21H28N2OS3. The van der Waals surface area contributed by atoms with Gasteiger partial charge in [0.25, 0.3) is 0 Å². The number of rotatable bonds is 6. The molecule has 3 heterocycles. The van der Waals surface area contributed by atoms with Crippen molar-refractivity contribution in [1.82, 2.24) is 9.80 Å². The molecule has 6 heteroatoms. The van der Waals surface area contributed by atoms with Crippen LogP contribution >= 0.6 is 32.9 Å². The largest absolute Gasteiger partial charge is 0.507 e. The van der Waals surface area contributed by atoms with E-state index < -0.39 is 0 Å². The third-order valence-electron chi connectivity index (χ3n) is 5.79. The van der Waals surface area contributed by atoms with E-state index in [1.54, 1.807) is 20.7 Å². The van der Waals surface area contributed by atoms with Crippen LogP contribution in [0.5, 0.6) is 5.75 Å². The monoisotopic (exact) mass is 420 g/mol. The predicted molar refractivity (Wildman–Crippen MR) is 119 cm³/mol. The van der Waals surface area contributed by atoms with Crippen LogP contribution in [-0.4, -0.2) is 41.1 Å². The number of hydrogen-bond donors (Lipinski definition) is 1. The molecule has 0 atom stereocenters. The molecule has 0 bridgehead atoms. The van der Waals surface area contributed by atoms with Crippen LogP contribution in [0.25, 0.3) is 10.4 Å². The van der Waals surface area contributed by atoms with E-state index in [0.717, 1.165) is 60.6 Å². The van der Waals surface area contributed by atoms with Crippen molar-refractivity contribution in [2.24, 2.45) is 0 Å². The van der Waals surface area contributed by atoms with Crippen LogP contribution in [0.2, 0.25) is 0 Å². The summed E-state index contributed by atoms with van der Waals surface area (Å²) >= 11 is 5.56. The van der Waals surface area contributed by atoms with E-state index in [2.05, 4.69) is 28.9 Å². The van der Waals surface area contributed by atoms with E-state index in [-0.39, 0.29) is 0 Å². The average Bonchev–Trinajstić information content (AvgIpc) is 3.40. The van der Waals surface area contributed by atoms with Crippen LogP contribution in [0, 0.1) is 3.82 Å². The highest BCUT2D eigenvalue weighted by Crippen LogP contribution is 2.39. The van der Waals surface area contributed by atoms with E-state index in [9.17, 15) is 5.11 Å². The van der Waals surface area contributed by atoms with Gasteiger partial charge in [-0.05, 0) is 81.5 Å². The molecule has 4 rings (SSSR count). The van der Waals surface area contributed by atoms with Crippen molar-refractivity contribution in [3.63, 3.8) is 0 Å². The molecule has 0 saturated carbocycles. The van der Waals surface area contributed by atoms with E-state index in [1.807, 2.05) is 0 Å². The standard InChI is InChI=1S/C21H28N2OS3/c1-2-18-20(26-27-21(18)25)15-11-16(13-22-7-3-4-8-22)19(24)17(12-15)14-23-9-5-6-10-23/h11-12,24H,2-10,13-14H2,1H3. The molecule has 0 unspecified atom stereocenters. The average molecular weight is 421 g/mol. The Morgan fingerprint density at radius 2 is 1.44 bits per heavy atom. The Bertz CT molecular complexity index is 806. The Kier molecular flexibility index (Phi) is 6.29. The summed E-state index contributed by atoms with van der Waals surface area (Å²) in [4.78, 5) is 6.24. The zero-order valence-electron chi connectivity index (χ0n) is 16.0. The van der Waals surface area contributed by atoms with Gasteiger partial charge in [-0.3, -0.25) is 9.80 Å². The molecule has 0 amide bonds. The first-order chi connectivity index (χ1) is 13.2. The third kappa shape index (κ3) is 4.30. The highest BCUT2D eigenvalue weighted by Gasteiger charge is 2.21. The summed E-state index contributed by atoms with van der Waals surface area (Å²) in [6.45, 7) is 8.45. The minimum atomic E-state index is 0.509. The minimum absolute atomic E-state index is 0.509. The fraction of sp³-hybridized carbons (Fsp3) is 0.571. The third-order valence-corrected chi connectivity index (χ3v) is 8.98. The number of phenolic OH excluding ortho intramolecular Hbond substituents is 1. The summed E-state index contributed by atoms with van der Waals surface area (Å²) in [5.74, 6) is 0.509. The van der Waals surface area contributed by atoms with Gasteiger partial charge in [-0.25, -0.2) is 0 Å². The lowest BCUT2D eigenvalue weighted by atomic mass is 10.00. The molecule has 0 spiro atoms. The minimum Gasteiger partial charge on any atom is -0.507 e. The molecule has 146 valence electrons. The topological polar surface area (TPSA) is 26.7 Å². The lowest BCUT2D eigenvalue weighted by Crippen LogP contribution is -2.20. The van der Waals surface area contributed by atoms with Crippen molar-refractivity contribution in [1.29, 1.82) is 0 Å². The van der Waals surface area contributed by atoms with Crippen LogP contribution in [-0.2, 0) is 19.5 Å². The van der Waals surface area contributed by atoms with Gasteiger partial charge in [-0.15, -0.1) is 0 Å². The van der Waals surface area contributed by atoms with Gasteiger partial charge in [0, 0.05) is 24.2 Å². The van der Waals surface area contributed by atoms with Gasteiger partial charge in [0.1, 0.15) is 9.57 Å². The van der Waals surface area contributed by atoms with E-state index in [0.29, 0.717) is 5.75 Å². The molecule has 2 saturated heterocycles. The maximum atomic E-state index is 11.0. The summed E-state index contributed by atoms with van der Waals surface area (Å²) < 4.78 is 1.02. The smallest absolute Gasteiger partial charge is 0.124 e. The zero-order chi connectivity index (χ0) is 18.8. The maximum Gasteiger partial charge on any atom is 0.124 e. The first-order valence-electron chi connectivity index (χ1n) is 10.1. The Morgan fingerprint density at radius 1 is 0.926 bits per heavy atom. The van der Waals surface area contributed by atoms with Crippen molar-refractivity contribution in [2.75, 3.05) is 26.2 Å². The van der Waals surface area contributed by atoms with Gasteiger partial charge in [0.15, 0.2) is 0 Å². The number of nitrogens with zero attached hydrogens (tertiary/aromatic N) is 2. The van der Waals surface area contributed by atoms with Crippen molar-refractivity contribution < 1.29 is 5.11 Å². The second kappa shape index (κ2) is 8.70. The van der Waals surface area contributed by atoms with Gasteiger partial charge in [0.2, 0.25) is 0 Å². The lowest BCUT2D eigenvalue weighted by Gasteiger charge is -2.21. The van der Waals surface area contributed by atoms with Crippen molar-refractivity contribution in [3.8, 4) is 16.2 Å². The predicted octanol–water partition coefficient (Wildman–Crippen LogP) is 5.67. The lowest BCUT2D eigenvalue weighted by molar-refractivity contribution is 0.312. The van der Waals surface area contributed by atoms with Crippen LogP contribution in [0.3, 0.4) is 0 Å². The first kappa shape index (κ1) is 19.5. The molecule has 1 aromatic heterocycles. The second-order valence-electron chi connectivity index (χ2n) is 7.72. The Morgan fingerprint density at radius 3 is 1.93 bits per heavy atom. The molecule has 1 aromatic carbocycles. The van der Waals surface area contributed by atoms with Gasteiger partial charge in [-0.2, -0.15) is 0 Å². The van der Waals surface area contributed by atoms with Gasteiger partial charge in [-0.1, -0.05) is 39.8 Å². The van der Waals surface area contributed by atoms with Gasteiger partial charge >= 0.3 is 0 Å². The van der Waals surface area contributed by atoms with Gasteiger partial charge < -0.3 is 5.11 Å². The Labute approximate surface area is 174 Å². The van der Waals surface area contributed by atoms with Crippen LogP contribution < -0.4 is 0 Å². The second-order valence-corrected chi connectivity index (χ2v) is 10.5.